The molecule has 0 radical (unpaired) electrons. The normalized spacial score (nSPS) is 21.7. The minimum absolute atomic E-state index is 0.121. The quantitative estimate of drug-likeness (QED) is 0.803. The Morgan fingerprint density at radius 1 is 1.50 bits per heavy atom. The number of hydrogen-bond acceptors (Lipinski definition) is 2. The summed E-state index contributed by atoms with van der Waals surface area (Å²) in [6, 6.07) is 0.121. The van der Waals surface area contributed by atoms with Gasteiger partial charge in [0.25, 0.3) is 0 Å². The summed E-state index contributed by atoms with van der Waals surface area (Å²) in [5, 5.41) is 5.33. The fraction of sp³-hybridized carbons (Fsp3) is 0.692. The van der Waals surface area contributed by atoms with Gasteiger partial charge in [-0.15, -0.1) is 0 Å². The summed E-state index contributed by atoms with van der Waals surface area (Å²) in [5.74, 6) is 0.701. The van der Waals surface area contributed by atoms with E-state index in [0.717, 1.165) is 23.3 Å². The number of alkyl halides is 1. The van der Waals surface area contributed by atoms with Crippen LogP contribution in [0.15, 0.2) is 0 Å². The van der Waals surface area contributed by atoms with Gasteiger partial charge in [-0.3, -0.25) is 9.48 Å². The van der Waals surface area contributed by atoms with Gasteiger partial charge in [0.05, 0.1) is 11.7 Å². The summed E-state index contributed by atoms with van der Waals surface area (Å²) >= 11 is 3.47. The van der Waals surface area contributed by atoms with Crippen LogP contribution in [0.4, 0.5) is 0 Å². The van der Waals surface area contributed by atoms with Gasteiger partial charge >= 0.3 is 0 Å². The molecule has 0 spiro atoms. The summed E-state index contributed by atoms with van der Waals surface area (Å²) < 4.78 is 1.89. The predicted octanol–water partition coefficient (Wildman–Crippen LogP) is 2.34. The molecule has 1 aliphatic rings. The van der Waals surface area contributed by atoms with Gasteiger partial charge in [0.2, 0.25) is 5.91 Å². The maximum Gasteiger partial charge on any atom is 0.223 e. The van der Waals surface area contributed by atoms with Crippen LogP contribution in [-0.4, -0.2) is 32.5 Å². The zero-order chi connectivity index (χ0) is 13.4. The van der Waals surface area contributed by atoms with Crippen LogP contribution in [0.5, 0.6) is 0 Å². The van der Waals surface area contributed by atoms with Crippen LogP contribution in [0.1, 0.15) is 36.3 Å². The van der Waals surface area contributed by atoms with E-state index in [-0.39, 0.29) is 11.9 Å². The Balaban J connectivity index is 2.26. The number of aryl methyl sites for hydroxylation is 2. The molecule has 100 valence electrons. The van der Waals surface area contributed by atoms with Gasteiger partial charge in [-0.1, -0.05) is 15.9 Å². The van der Waals surface area contributed by atoms with Gasteiger partial charge in [-0.25, -0.2) is 0 Å². The number of amides is 1. The number of halogens is 1. The summed E-state index contributed by atoms with van der Waals surface area (Å²) in [4.78, 5) is 14.1. The minimum Gasteiger partial charge on any atom is -0.335 e. The summed E-state index contributed by atoms with van der Waals surface area (Å²) in [7, 11) is 1.95. The molecule has 4 nitrogen and oxygen atoms in total. The summed E-state index contributed by atoms with van der Waals surface area (Å²) in [6.45, 7) is 7.03. The first-order valence-corrected chi connectivity index (χ1v) is 7.43. The van der Waals surface area contributed by atoms with Gasteiger partial charge in [0.1, 0.15) is 0 Å². The third-order valence-electron chi connectivity index (χ3n) is 3.91. The summed E-state index contributed by atoms with van der Waals surface area (Å²) in [5.41, 5.74) is 3.37. The van der Waals surface area contributed by atoms with E-state index < -0.39 is 0 Å². The molecule has 0 N–H and O–H groups in total. The number of aromatic nitrogens is 2. The Morgan fingerprint density at radius 2 is 2.17 bits per heavy atom. The van der Waals surface area contributed by atoms with Crippen molar-refractivity contribution in [2.24, 2.45) is 13.0 Å². The second-order valence-corrected chi connectivity index (χ2v) is 5.80. The SMILES string of the molecule is Cc1nn(C)c(C)c1C(C)N1CC(CBr)CC1=O. The Labute approximate surface area is 116 Å². The molecule has 1 fully saturated rings. The van der Waals surface area contributed by atoms with E-state index in [1.54, 1.807) is 0 Å². The Kier molecular flexibility index (Phi) is 3.80. The van der Waals surface area contributed by atoms with Crippen molar-refractivity contribution in [2.45, 2.75) is 33.2 Å². The first-order chi connectivity index (χ1) is 8.45. The van der Waals surface area contributed by atoms with Gasteiger partial charge in [0.15, 0.2) is 0 Å². The molecule has 0 aromatic carbocycles. The lowest BCUT2D eigenvalue weighted by Gasteiger charge is -2.25. The molecule has 0 saturated carbocycles. The highest BCUT2D eigenvalue weighted by molar-refractivity contribution is 9.09. The number of rotatable bonds is 3. The topological polar surface area (TPSA) is 38.1 Å². The number of carbonyl (C=O) groups is 1. The molecular weight excluding hydrogens is 294 g/mol. The molecule has 0 bridgehead atoms. The van der Waals surface area contributed by atoms with E-state index in [2.05, 4.69) is 34.9 Å². The molecule has 1 aliphatic heterocycles. The molecule has 0 aliphatic carbocycles. The van der Waals surface area contributed by atoms with Gasteiger partial charge in [0, 0.05) is 36.6 Å². The van der Waals surface area contributed by atoms with Crippen molar-refractivity contribution in [3.05, 3.63) is 17.0 Å². The minimum atomic E-state index is 0.121. The number of nitrogens with zero attached hydrogens (tertiary/aromatic N) is 3. The molecule has 1 amide bonds. The monoisotopic (exact) mass is 313 g/mol. The zero-order valence-corrected chi connectivity index (χ0v) is 13.0. The van der Waals surface area contributed by atoms with Gasteiger partial charge in [-0.2, -0.15) is 5.10 Å². The molecule has 18 heavy (non-hydrogen) atoms. The van der Waals surface area contributed by atoms with Crippen molar-refractivity contribution in [1.29, 1.82) is 0 Å². The van der Waals surface area contributed by atoms with Crippen molar-refractivity contribution < 1.29 is 4.79 Å². The van der Waals surface area contributed by atoms with Crippen LogP contribution >= 0.6 is 15.9 Å². The molecular formula is C13H20BrN3O. The Hall–Kier alpha value is -0.840. The molecule has 2 heterocycles. The Bertz CT molecular complexity index is 469. The van der Waals surface area contributed by atoms with Crippen LogP contribution in [0, 0.1) is 19.8 Å². The van der Waals surface area contributed by atoms with Gasteiger partial charge in [-0.05, 0) is 26.7 Å². The number of likely N-dealkylation sites (tertiary alicyclic amines) is 1. The third kappa shape index (κ3) is 2.20. The highest BCUT2D eigenvalue weighted by Crippen LogP contribution is 2.32. The fourth-order valence-electron chi connectivity index (χ4n) is 2.84. The molecule has 1 saturated heterocycles. The highest BCUT2D eigenvalue weighted by atomic mass is 79.9. The fourth-order valence-corrected chi connectivity index (χ4v) is 3.27. The maximum atomic E-state index is 12.1. The lowest BCUT2D eigenvalue weighted by atomic mass is 10.1. The molecule has 1 aromatic heterocycles. The Morgan fingerprint density at radius 3 is 2.61 bits per heavy atom. The van der Waals surface area contributed by atoms with Crippen molar-refractivity contribution >= 4 is 21.8 Å². The van der Waals surface area contributed by atoms with Gasteiger partial charge < -0.3 is 4.90 Å². The van der Waals surface area contributed by atoms with E-state index in [4.69, 9.17) is 0 Å². The molecule has 2 rings (SSSR count). The predicted molar refractivity (Wildman–Crippen MR) is 74.7 cm³/mol. The highest BCUT2D eigenvalue weighted by Gasteiger charge is 2.34. The summed E-state index contributed by atoms with van der Waals surface area (Å²) in [6.07, 6.45) is 0.661. The van der Waals surface area contributed by atoms with Crippen LogP contribution in [0.25, 0.3) is 0 Å². The smallest absolute Gasteiger partial charge is 0.223 e. The average Bonchev–Trinajstić information content (AvgIpc) is 2.80. The largest absolute Gasteiger partial charge is 0.335 e. The van der Waals surface area contributed by atoms with E-state index >= 15 is 0 Å². The van der Waals surface area contributed by atoms with E-state index in [1.165, 1.54) is 5.56 Å². The van der Waals surface area contributed by atoms with E-state index in [9.17, 15) is 4.79 Å². The second kappa shape index (κ2) is 5.03. The standard InChI is InChI=1S/C13H20BrN3O/c1-8-13(9(2)16(4)15-8)10(3)17-7-11(6-14)5-12(17)18/h10-11H,5-7H2,1-4H3. The van der Waals surface area contributed by atoms with Crippen molar-refractivity contribution in [3.8, 4) is 0 Å². The molecule has 1 aromatic rings. The van der Waals surface area contributed by atoms with Crippen LogP contribution in [-0.2, 0) is 11.8 Å². The first kappa shape index (κ1) is 13.6. The zero-order valence-electron chi connectivity index (χ0n) is 11.4. The lowest BCUT2D eigenvalue weighted by Crippen LogP contribution is -2.29. The third-order valence-corrected chi connectivity index (χ3v) is 4.82. The molecule has 2 atom stereocenters. The van der Waals surface area contributed by atoms with Crippen LogP contribution in [0.3, 0.4) is 0 Å². The number of hydrogen-bond donors (Lipinski definition) is 0. The van der Waals surface area contributed by atoms with Crippen LogP contribution < -0.4 is 0 Å². The van der Waals surface area contributed by atoms with Crippen molar-refractivity contribution in [2.75, 3.05) is 11.9 Å². The second-order valence-electron chi connectivity index (χ2n) is 5.15. The van der Waals surface area contributed by atoms with Crippen molar-refractivity contribution in [1.82, 2.24) is 14.7 Å². The van der Waals surface area contributed by atoms with Crippen molar-refractivity contribution in [3.63, 3.8) is 0 Å². The number of carbonyl (C=O) groups excluding carboxylic acids is 1. The van der Waals surface area contributed by atoms with E-state index in [0.29, 0.717) is 12.3 Å². The first-order valence-electron chi connectivity index (χ1n) is 6.31. The van der Waals surface area contributed by atoms with Crippen LogP contribution in [0.2, 0.25) is 0 Å². The molecule has 2 unspecified atom stereocenters. The lowest BCUT2D eigenvalue weighted by molar-refractivity contribution is -0.129. The average molecular weight is 314 g/mol. The maximum absolute atomic E-state index is 12.1. The van der Waals surface area contributed by atoms with E-state index in [1.807, 2.05) is 23.6 Å². The molecule has 5 heteroatoms.